The number of carbonyl (C=O) groups excluding carboxylic acids is 2. The topological polar surface area (TPSA) is 82.0 Å². The monoisotopic (exact) mass is 313 g/mol. The molecule has 0 spiro atoms. The summed E-state index contributed by atoms with van der Waals surface area (Å²) in [4.78, 5) is 23.5. The van der Waals surface area contributed by atoms with Crippen molar-refractivity contribution in [1.29, 1.82) is 5.26 Å². The zero-order valence-electron chi connectivity index (χ0n) is 14.1. The molecule has 0 unspecified atom stereocenters. The molecule has 2 amide bonds. The average Bonchev–Trinajstić information content (AvgIpc) is 2.45. The number of benzene rings is 1. The highest BCUT2D eigenvalue weighted by molar-refractivity contribution is 5.93. The fraction of sp³-hybridized carbons (Fsp3) is 0.389. The van der Waals surface area contributed by atoms with Crippen molar-refractivity contribution in [3.05, 3.63) is 41.5 Å². The van der Waals surface area contributed by atoms with Crippen molar-refractivity contribution in [2.24, 2.45) is 5.41 Å². The SMILES string of the molecule is C/C(=C\C(=O)NCc1ccccc1NC(=O)CC#N)C(C)(C)C. The Kier molecular flexibility index (Phi) is 6.52. The van der Waals surface area contributed by atoms with Crippen LogP contribution in [-0.4, -0.2) is 11.8 Å². The molecule has 23 heavy (non-hydrogen) atoms. The van der Waals surface area contributed by atoms with Crippen LogP contribution in [0, 0.1) is 16.7 Å². The zero-order chi connectivity index (χ0) is 17.5. The van der Waals surface area contributed by atoms with Crippen molar-refractivity contribution in [3.8, 4) is 6.07 Å². The molecule has 1 aromatic carbocycles. The van der Waals surface area contributed by atoms with Gasteiger partial charge in [0, 0.05) is 18.3 Å². The van der Waals surface area contributed by atoms with Crippen LogP contribution in [0.5, 0.6) is 0 Å². The maximum Gasteiger partial charge on any atom is 0.244 e. The predicted octanol–water partition coefficient (Wildman–Crippen LogP) is 3.15. The van der Waals surface area contributed by atoms with Crippen molar-refractivity contribution < 1.29 is 9.59 Å². The van der Waals surface area contributed by atoms with Gasteiger partial charge in [-0.1, -0.05) is 44.5 Å². The van der Waals surface area contributed by atoms with E-state index in [9.17, 15) is 9.59 Å². The number of rotatable bonds is 5. The molecule has 5 heteroatoms. The van der Waals surface area contributed by atoms with Crippen molar-refractivity contribution >= 4 is 17.5 Å². The number of amides is 2. The second-order valence-electron chi connectivity index (χ2n) is 6.34. The van der Waals surface area contributed by atoms with E-state index in [0.717, 1.165) is 11.1 Å². The molecule has 0 aliphatic carbocycles. The van der Waals surface area contributed by atoms with Gasteiger partial charge in [-0.15, -0.1) is 0 Å². The van der Waals surface area contributed by atoms with E-state index >= 15 is 0 Å². The lowest BCUT2D eigenvalue weighted by Gasteiger charge is -2.19. The normalized spacial score (nSPS) is 11.5. The first-order valence-electron chi connectivity index (χ1n) is 7.45. The Balaban J connectivity index is 2.74. The highest BCUT2D eigenvalue weighted by atomic mass is 16.2. The quantitative estimate of drug-likeness (QED) is 0.819. The maximum atomic E-state index is 12.0. The lowest BCUT2D eigenvalue weighted by molar-refractivity contribution is -0.117. The van der Waals surface area contributed by atoms with E-state index in [0.29, 0.717) is 12.2 Å². The van der Waals surface area contributed by atoms with Gasteiger partial charge in [-0.2, -0.15) is 5.26 Å². The first-order chi connectivity index (χ1) is 10.7. The molecule has 0 bridgehead atoms. The summed E-state index contributed by atoms with van der Waals surface area (Å²) in [7, 11) is 0. The molecule has 0 aliphatic rings. The molecule has 0 radical (unpaired) electrons. The van der Waals surface area contributed by atoms with E-state index < -0.39 is 0 Å². The highest BCUT2D eigenvalue weighted by Crippen LogP contribution is 2.24. The van der Waals surface area contributed by atoms with Crippen LogP contribution in [0.2, 0.25) is 0 Å². The highest BCUT2D eigenvalue weighted by Gasteiger charge is 2.14. The molecule has 2 N–H and O–H groups in total. The number of hydrogen-bond acceptors (Lipinski definition) is 3. The van der Waals surface area contributed by atoms with E-state index in [-0.39, 0.29) is 23.7 Å². The predicted molar refractivity (Wildman–Crippen MR) is 90.4 cm³/mol. The summed E-state index contributed by atoms with van der Waals surface area (Å²) >= 11 is 0. The number of anilines is 1. The summed E-state index contributed by atoms with van der Waals surface area (Å²) in [6.45, 7) is 8.37. The second kappa shape index (κ2) is 8.14. The first-order valence-corrected chi connectivity index (χ1v) is 7.45. The minimum Gasteiger partial charge on any atom is -0.348 e. The third-order valence-corrected chi connectivity index (χ3v) is 3.51. The number of allylic oxidation sites excluding steroid dienone is 1. The molecular weight excluding hydrogens is 290 g/mol. The van der Waals surface area contributed by atoms with Gasteiger partial charge in [0.25, 0.3) is 0 Å². The van der Waals surface area contributed by atoms with Crippen LogP contribution >= 0.6 is 0 Å². The van der Waals surface area contributed by atoms with Gasteiger partial charge in [-0.05, 0) is 24.0 Å². The van der Waals surface area contributed by atoms with Gasteiger partial charge in [0.15, 0.2) is 0 Å². The van der Waals surface area contributed by atoms with Gasteiger partial charge < -0.3 is 10.6 Å². The number of nitrogens with one attached hydrogen (secondary N) is 2. The largest absolute Gasteiger partial charge is 0.348 e. The van der Waals surface area contributed by atoms with Crippen molar-refractivity contribution in [2.75, 3.05) is 5.32 Å². The summed E-state index contributed by atoms with van der Waals surface area (Å²) in [5, 5.41) is 14.0. The minimum absolute atomic E-state index is 0.0550. The molecule has 0 saturated heterocycles. The van der Waals surface area contributed by atoms with E-state index in [1.807, 2.05) is 39.8 Å². The maximum absolute atomic E-state index is 12.0. The Morgan fingerprint density at radius 2 is 1.91 bits per heavy atom. The van der Waals surface area contributed by atoms with Crippen LogP contribution in [0.15, 0.2) is 35.9 Å². The molecule has 122 valence electrons. The number of hydrogen-bond donors (Lipinski definition) is 2. The van der Waals surface area contributed by atoms with Crippen LogP contribution < -0.4 is 10.6 Å². The van der Waals surface area contributed by atoms with Crippen molar-refractivity contribution in [2.45, 2.75) is 40.7 Å². The molecule has 0 atom stereocenters. The van der Waals surface area contributed by atoms with Crippen LogP contribution in [0.25, 0.3) is 0 Å². The third kappa shape index (κ3) is 6.35. The zero-order valence-corrected chi connectivity index (χ0v) is 14.1. The third-order valence-electron chi connectivity index (χ3n) is 3.51. The summed E-state index contributed by atoms with van der Waals surface area (Å²) in [5.41, 5.74) is 2.32. The Bertz CT molecular complexity index is 649. The van der Waals surface area contributed by atoms with Gasteiger partial charge in [0.2, 0.25) is 11.8 Å². The number of para-hydroxylation sites is 1. The van der Waals surface area contributed by atoms with Gasteiger partial charge in [0.05, 0.1) is 6.07 Å². The van der Waals surface area contributed by atoms with Crippen LogP contribution in [-0.2, 0) is 16.1 Å². The van der Waals surface area contributed by atoms with E-state index in [1.54, 1.807) is 24.3 Å². The van der Waals surface area contributed by atoms with Gasteiger partial charge in [-0.3, -0.25) is 9.59 Å². The smallest absolute Gasteiger partial charge is 0.244 e. The van der Waals surface area contributed by atoms with E-state index in [2.05, 4.69) is 10.6 Å². The van der Waals surface area contributed by atoms with Crippen molar-refractivity contribution in [1.82, 2.24) is 5.32 Å². The molecular formula is C18H23N3O2. The van der Waals surface area contributed by atoms with Crippen molar-refractivity contribution in [3.63, 3.8) is 0 Å². The number of nitrogens with zero attached hydrogens (tertiary/aromatic N) is 1. The number of nitriles is 1. The van der Waals surface area contributed by atoms with Gasteiger partial charge >= 0.3 is 0 Å². The Labute approximate surface area is 137 Å². The fourth-order valence-corrected chi connectivity index (χ4v) is 1.71. The Morgan fingerprint density at radius 1 is 1.26 bits per heavy atom. The number of carbonyl (C=O) groups is 2. The molecule has 1 rings (SSSR count). The lowest BCUT2D eigenvalue weighted by Crippen LogP contribution is -2.23. The molecule has 1 aromatic rings. The minimum atomic E-state index is -0.366. The Hall–Kier alpha value is -2.61. The van der Waals surface area contributed by atoms with Gasteiger partial charge in [0.1, 0.15) is 6.42 Å². The van der Waals surface area contributed by atoms with Crippen LogP contribution in [0.4, 0.5) is 5.69 Å². The van der Waals surface area contributed by atoms with E-state index in [4.69, 9.17) is 5.26 Å². The molecule has 0 heterocycles. The van der Waals surface area contributed by atoms with Gasteiger partial charge in [-0.25, -0.2) is 0 Å². The summed E-state index contributed by atoms with van der Waals surface area (Å²) in [5.74, 6) is -0.537. The molecule has 0 fully saturated rings. The molecule has 0 aliphatic heterocycles. The first kappa shape index (κ1) is 18.4. The van der Waals surface area contributed by atoms with Crippen LogP contribution in [0.1, 0.15) is 39.7 Å². The average molecular weight is 313 g/mol. The van der Waals surface area contributed by atoms with Crippen LogP contribution in [0.3, 0.4) is 0 Å². The standard InChI is InChI=1S/C18H23N3O2/c1-13(18(2,3)4)11-17(23)20-12-14-7-5-6-8-15(14)21-16(22)9-10-19/h5-8,11H,9,12H2,1-4H3,(H,20,23)(H,21,22)/b13-11+. The fourth-order valence-electron chi connectivity index (χ4n) is 1.71. The molecule has 5 nitrogen and oxygen atoms in total. The second-order valence-corrected chi connectivity index (χ2v) is 6.34. The molecule has 0 saturated carbocycles. The summed E-state index contributed by atoms with van der Waals surface area (Å²) in [6.07, 6.45) is 1.39. The lowest BCUT2D eigenvalue weighted by atomic mass is 9.87. The Morgan fingerprint density at radius 3 is 2.52 bits per heavy atom. The summed E-state index contributed by atoms with van der Waals surface area (Å²) in [6, 6.07) is 8.99. The summed E-state index contributed by atoms with van der Waals surface area (Å²) < 4.78 is 0. The molecule has 0 aromatic heterocycles. The van der Waals surface area contributed by atoms with E-state index in [1.165, 1.54) is 0 Å².